The Morgan fingerprint density at radius 3 is 2.79 bits per heavy atom. The fourth-order valence-corrected chi connectivity index (χ4v) is 2.43. The van der Waals surface area contributed by atoms with Crippen LogP contribution in [0.25, 0.3) is 0 Å². The van der Waals surface area contributed by atoms with E-state index in [1.807, 2.05) is 6.20 Å². The number of hydrogen-bond acceptors (Lipinski definition) is 5. The van der Waals surface area contributed by atoms with E-state index in [4.69, 9.17) is 0 Å². The lowest BCUT2D eigenvalue weighted by Gasteiger charge is -2.30. The van der Waals surface area contributed by atoms with E-state index in [1.54, 1.807) is 18.0 Å². The summed E-state index contributed by atoms with van der Waals surface area (Å²) in [5.74, 6) is 1.30. The van der Waals surface area contributed by atoms with Crippen LogP contribution in [0, 0.1) is 6.92 Å². The molecule has 1 aliphatic heterocycles. The summed E-state index contributed by atoms with van der Waals surface area (Å²) >= 11 is 0. The lowest BCUT2D eigenvalue weighted by molar-refractivity contribution is 0.0699. The van der Waals surface area contributed by atoms with Crippen LogP contribution in [-0.2, 0) is 0 Å². The fourth-order valence-electron chi connectivity index (χ4n) is 2.43. The Balaban J connectivity index is 1.64. The van der Waals surface area contributed by atoms with E-state index in [9.17, 15) is 4.79 Å². The van der Waals surface area contributed by atoms with Crippen molar-refractivity contribution in [2.45, 2.75) is 25.7 Å². The topological polar surface area (TPSA) is 87.9 Å². The van der Waals surface area contributed by atoms with Crippen molar-refractivity contribution < 1.29 is 9.42 Å². The first-order valence-corrected chi connectivity index (χ1v) is 6.33. The molecule has 7 heteroatoms. The maximum Gasteiger partial charge on any atom is 0.278 e. The molecule has 0 aliphatic carbocycles. The molecule has 0 radical (unpaired) electrons. The van der Waals surface area contributed by atoms with Gasteiger partial charge < -0.3 is 9.88 Å². The van der Waals surface area contributed by atoms with Crippen LogP contribution < -0.4 is 0 Å². The maximum absolute atomic E-state index is 12.2. The van der Waals surface area contributed by atoms with Crippen molar-refractivity contribution in [3.05, 3.63) is 29.6 Å². The number of aromatic nitrogens is 4. The Morgan fingerprint density at radius 2 is 2.21 bits per heavy atom. The summed E-state index contributed by atoms with van der Waals surface area (Å²) < 4.78 is 4.57. The first kappa shape index (κ1) is 11.9. The second kappa shape index (κ2) is 4.83. The van der Waals surface area contributed by atoms with Crippen LogP contribution in [0.5, 0.6) is 0 Å². The predicted molar refractivity (Wildman–Crippen MR) is 65.5 cm³/mol. The minimum absolute atomic E-state index is 0.100. The molecular formula is C12H15N5O2. The average molecular weight is 261 g/mol. The van der Waals surface area contributed by atoms with Gasteiger partial charge in [0.1, 0.15) is 11.5 Å². The Morgan fingerprint density at radius 1 is 1.42 bits per heavy atom. The van der Waals surface area contributed by atoms with Gasteiger partial charge in [-0.15, -0.1) is 0 Å². The summed E-state index contributed by atoms with van der Waals surface area (Å²) in [6, 6.07) is 0. The van der Waals surface area contributed by atoms with Gasteiger partial charge >= 0.3 is 0 Å². The minimum atomic E-state index is -0.100. The number of amides is 1. The molecule has 0 spiro atoms. The Labute approximate surface area is 110 Å². The molecule has 1 fully saturated rings. The molecule has 7 nitrogen and oxygen atoms in total. The molecule has 0 atom stereocenters. The van der Waals surface area contributed by atoms with Crippen molar-refractivity contribution in [2.24, 2.45) is 0 Å². The number of likely N-dealkylation sites (tertiary alicyclic amines) is 1. The van der Waals surface area contributed by atoms with Crippen LogP contribution in [0.15, 0.2) is 17.0 Å². The van der Waals surface area contributed by atoms with E-state index >= 15 is 0 Å². The third-order valence-electron chi connectivity index (χ3n) is 3.54. The number of rotatable bonds is 2. The van der Waals surface area contributed by atoms with Crippen LogP contribution in [-0.4, -0.2) is 44.2 Å². The van der Waals surface area contributed by atoms with E-state index < -0.39 is 0 Å². The minimum Gasteiger partial charge on any atom is -0.348 e. The number of nitrogens with one attached hydrogen (secondary N) is 1. The zero-order valence-electron chi connectivity index (χ0n) is 10.7. The van der Waals surface area contributed by atoms with Crippen LogP contribution in [0.3, 0.4) is 0 Å². The summed E-state index contributed by atoms with van der Waals surface area (Å²) in [5.41, 5.74) is 0.856. The summed E-state index contributed by atoms with van der Waals surface area (Å²) in [4.78, 5) is 21.4. The third-order valence-corrected chi connectivity index (χ3v) is 3.54. The first-order valence-electron chi connectivity index (χ1n) is 6.33. The van der Waals surface area contributed by atoms with Gasteiger partial charge in [-0.1, -0.05) is 5.16 Å². The van der Waals surface area contributed by atoms with E-state index in [2.05, 4.69) is 24.9 Å². The maximum atomic E-state index is 12.2. The van der Waals surface area contributed by atoms with Gasteiger partial charge in [0.25, 0.3) is 5.91 Å². The molecule has 1 saturated heterocycles. The van der Waals surface area contributed by atoms with Gasteiger partial charge in [0, 0.05) is 31.4 Å². The summed E-state index contributed by atoms with van der Waals surface area (Å²) in [6.45, 7) is 3.13. The number of H-pyrrole nitrogens is 1. The lowest BCUT2D eigenvalue weighted by Crippen LogP contribution is -2.38. The van der Waals surface area contributed by atoms with Gasteiger partial charge in [0.05, 0.1) is 0 Å². The number of carbonyl (C=O) groups is 1. The molecule has 1 aliphatic rings. The fraction of sp³-hybridized carbons (Fsp3) is 0.500. The summed E-state index contributed by atoms with van der Waals surface area (Å²) in [5, 5.41) is 7.30. The average Bonchev–Trinajstić information content (AvgIpc) is 3.09. The molecule has 2 aromatic rings. The third kappa shape index (κ3) is 2.23. The number of carbonyl (C=O) groups excluding carboxylic acids is 1. The molecule has 3 rings (SSSR count). The van der Waals surface area contributed by atoms with Gasteiger partial charge in [-0.05, 0) is 24.9 Å². The van der Waals surface area contributed by atoms with E-state index in [0.717, 1.165) is 18.7 Å². The molecule has 0 bridgehead atoms. The highest BCUT2D eigenvalue weighted by atomic mass is 16.6. The number of imidazole rings is 1. The van der Waals surface area contributed by atoms with E-state index in [-0.39, 0.29) is 5.91 Å². The predicted octanol–water partition coefficient (Wildman–Crippen LogP) is 1.12. The monoisotopic (exact) mass is 261 g/mol. The second-order valence-corrected chi connectivity index (χ2v) is 4.74. The highest BCUT2D eigenvalue weighted by molar-refractivity contribution is 5.93. The zero-order chi connectivity index (χ0) is 13.2. The van der Waals surface area contributed by atoms with Gasteiger partial charge in [-0.3, -0.25) is 4.79 Å². The molecule has 0 saturated carbocycles. The van der Waals surface area contributed by atoms with Crippen molar-refractivity contribution >= 4 is 5.91 Å². The van der Waals surface area contributed by atoms with Crippen molar-refractivity contribution in [1.29, 1.82) is 0 Å². The molecule has 100 valence electrons. The SMILES string of the molecule is Cc1nonc1C(=O)N1CCC(c2ncc[nH]2)CC1. The highest BCUT2D eigenvalue weighted by Crippen LogP contribution is 2.26. The Bertz CT molecular complexity index is 554. The lowest BCUT2D eigenvalue weighted by atomic mass is 9.96. The first-order chi connectivity index (χ1) is 9.25. The van der Waals surface area contributed by atoms with Gasteiger partial charge in [0.2, 0.25) is 0 Å². The quantitative estimate of drug-likeness (QED) is 0.875. The Hall–Kier alpha value is -2.18. The summed E-state index contributed by atoms with van der Waals surface area (Å²) in [7, 11) is 0. The largest absolute Gasteiger partial charge is 0.348 e. The van der Waals surface area contributed by atoms with Crippen LogP contribution in [0.1, 0.15) is 40.8 Å². The van der Waals surface area contributed by atoms with Crippen molar-refractivity contribution in [2.75, 3.05) is 13.1 Å². The number of hydrogen-bond donors (Lipinski definition) is 1. The number of piperidine rings is 1. The zero-order valence-corrected chi connectivity index (χ0v) is 10.7. The molecule has 3 heterocycles. The number of aryl methyl sites for hydroxylation is 1. The molecular weight excluding hydrogens is 246 g/mol. The smallest absolute Gasteiger partial charge is 0.278 e. The van der Waals surface area contributed by atoms with Gasteiger partial charge in [-0.25, -0.2) is 9.61 Å². The Kier molecular flexibility index (Phi) is 3.02. The molecule has 0 aromatic carbocycles. The van der Waals surface area contributed by atoms with Crippen molar-refractivity contribution in [3.63, 3.8) is 0 Å². The van der Waals surface area contributed by atoms with Gasteiger partial charge in [-0.2, -0.15) is 0 Å². The molecule has 0 unspecified atom stereocenters. The molecule has 19 heavy (non-hydrogen) atoms. The van der Waals surface area contributed by atoms with E-state index in [0.29, 0.717) is 30.4 Å². The normalized spacial score (nSPS) is 16.8. The number of nitrogens with zero attached hydrogens (tertiary/aromatic N) is 4. The number of aromatic amines is 1. The molecule has 2 aromatic heterocycles. The molecule has 1 amide bonds. The van der Waals surface area contributed by atoms with Crippen LogP contribution in [0.4, 0.5) is 0 Å². The highest BCUT2D eigenvalue weighted by Gasteiger charge is 2.28. The standard InChI is InChI=1S/C12H15N5O2/c1-8-10(16-19-15-8)12(18)17-6-2-9(3-7-17)11-13-4-5-14-11/h4-5,9H,2-3,6-7H2,1H3,(H,13,14). The molecule has 1 N–H and O–H groups in total. The van der Waals surface area contributed by atoms with Crippen molar-refractivity contribution in [3.8, 4) is 0 Å². The van der Waals surface area contributed by atoms with Crippen molar-refractivity contribution in [1.82, 2.24) is 25.2 Å². The van der Waals surface area contributed by atoms with Crippen LogP contribution in [0.2, 0.25) is 0 Å². The van der Waals surface area contributed by atoms with Crippen LogP contribution >= 0.6 is 0 Å². The van der Waals surface area contributed by atoms with E-state index in [1.165, 1.54) is 0 Å². The summed E-state index contributed by atoms with van der Waals surface area (Å²) in [6.07, 6.45) is 5.40. The van der Waals surface area contributed by atoms with Gasteiger partial charge in [0.15, 0.2) is 5.69 Å². The second-order valence-electron chi connectivity index (χ2n) is 4.74.